The van der Waals surface area contributed by atoms with Crippen molar-refractivity contribution in [2.75, 3.05) is 18.4 Å². The summed E-state index contributed by atoms with van der Waals surface area (Å²) in [6.07, 6.45) is 1.58. The molecule has 0 aliphatic carbocycles. The zero-order valence-corrected chi connectivity index (χ0v) is 17.4. The molecule has 1 fully saturated rings. The molecule has 1 aliphatic rings. The fourth-order valence-corrected chi connectivity index (χ4v) is 4.18. The number of hydrogen-bond acceptors (Lipinski definition) is 4. The smallest absolute Gasteiger partial charge is 0.261 e. The third-order valence-corrected chi connectivity index (χ3v) is 6.23. The van der Waals surface area contributed by atoms with E-state index >= 15 is 0 Å². The van der Waals surface area contributed by atoms with Gasteiger partial charge in [0.15, 0.2) is 0 Å². The second-order valence-electron chi connectivity index (χ2n) is 6.99. The van der Waals surface area contributed by atoms with Crippen molar-refractivity contribution in [2.24, 2.45) is 0 Å². The highest BCUT2D eigenvalue weighted by Crippen LogP contribution is 2.21. The molecule has 1 aromatic heterocycles. The van der Waals surface area contributed by atoms with Crippen molar-refractivity contribution in [3.8, 4) is 0 Å². The molecule has 150 valence electrons. The molecule has 2 aromatic rings. The molecule has 0 radical (unpaired) electrons. The van der Waals surface area contributed by atoms with Crippen LogP contribution in [-0.2, 0) is 4.79 Å². The number of benzene rings is 1. The van der Waals surface area contributed by atoms with Crippen LogP contribution in [0, 0.1) is 12.7 Å². The van der Waals surface area contributed by atoms with Crippen molar-refractivity contribution in [2.45, 2.75) is 38.8 Å². The summed E-state index contributed by atoms with van der Waals surface area (Å²) in [5.74, 6) is -0.718. The summed E-state index contributed by atoms with van der Waals surface area (Å²) in [4.78, 5) is 28.7. The lowest BCUT2D eigenvalue weighted by molar-refractivity contribution is -0.121. The normalized spacial score (nSPS) is 16.6. The van der Waals surface area contributed by atoms with Gasteiger partial charge in [0, 0.05) is 29.7 Å². The molecule has 0 bridgehead atoms. The van der Waals surface area contributed by atoms with E-state index in [-0.39, 0.29) is 28.9 Å². The molecule has 1 atom stereocenters. The maximum Gasteiger partial charge on any atom is 0.261 e. The molecular weight excluding hydrogens is 401 g/mol. The zero-order chi connectivity index (χ0) is 20.3. The number of amides is 2. The summed E-state index contributed by atoms with van der Waals surface area (Å²) in [6.45, 7) is 5.25. The fourth-order valence-electron chi connectivity index (χ4n) is 3.23. The largest absolute Gasteiger partial charge is 0.349 e. The van der Waals surface area contributed by atoms with Crippen LogP contribution in [0.5, 0.6) is 0 Å². The highest BCUT2D eigenvalue weighted by molar-refractivity contribution is 7.13. The third-order valence-electron chi connectivity index (χ3n) is 4.94. The standard InChI is InChI=1S/C20H23ClFN3O2S/c1-12-3-6-18(28-12)20(27)23-14-7-9-25(10-8-14)13(2)19(26)24-15-4-5-17(22)16(21)11-15/h3-6,11,13-14H,7-10H2,1-2H3,(H,23,27)(H,24,26). The lowest BCUT2D eigenvalue weighted by Crippen LogP contribution is -2.50. The molecule has 2 N–H and O–H groups in total. The van der Waals surface area contributed by atoms with E-state index in [1.54, 1.807) is 0 Å². The number of nitrogens with one attached hydrogen (secondary N) is 2. The minimum atomic E-state index is -0.519. The summed E-state index contributed by atoms with van der Waals surface area (Å²) in [5.41, 5.74) is 0.469. The first-order valence-corrected chi connectivity index (χ1v) is 10.4. The number of carbonyl (C=O) groups is 2. The molecular formula is C20H23ClFN3O2S. The lowest BCUT2D eigenvalue weighted by Gasteiger charge is -2.35. The number of piperidine rings is 1. The molecule has 1 aromatic carbocycles. The van der Waals surface area contributed by atoms with Crippen LogP contribution >= 0.6 is 22.9 Å². The number of thiophene rings is 1. The van der Waals surface area contributed by atoms with Crippen molar-refractivity contribution in [1.82, 2.24) is 10.2 Å². The van der Waals surface area contributed by atoms with Crippen molar-refractivity contribution >= 4 is 40.4 Å². The fraction of sp³-hybridized carbons (Fsp3) is 0.400. The third kappa shape index (κ3) is 5.10. The van der Waals surface area contributed by atoms with E-state index in [0.717, 1.165) is 22.6 Å². The van der Waals surface area contributed by atoms with Crippen LogP contribution in [0.2, 0.25) is 5.02 Å². The van der Waals surface area contributed by atoms with Crippen LogP contribution in [0.1, 0.15) is 34.3 Å². The number of likely N-dealkylation sites (tertiary alicyclic amines) is 1. The summed E-state index contributed by atoms with van der Waals surface area (Å²) in [5, 5.41) is 5.83. The number of halogens is 2. The first kappa shape index (κ1) is 20.8. The minimum absolute atomic E-state index is 0.0251. The summed E-state index contributed by atoms with van der Waals surface area (Å²) >= 11 is 7.25. The van der Waals surface area contributed by atoms with Crippen molar-refractivity contribution in [3.63, 3.8) is 0 Å². The maximum atomic E-state index is 13.2. The second-order valence-corrected chi connectivity index (χ2v) is 8.68. The van der Waals surface area contributed by atoms with Crippen LogP contribution in [0.15, 0.2) is 30.3 Å². The van der Waals surface area contributed by atoms with E-state index in [9.17, 15) is 14.0 Å². The van der Waals surface area contributed by atoms with Gasteiger partial charge in [-0.1, -0.05) is 11.6 Å². The second kappa shape index (κ2) is 9.03. The van der Waals surface area contributed by atoms with Crippen LogP contribution < -0.4 is 10.6 Å². The highest BCUT2D eigenvalue weighted by Gasteiger charge is 2.27. The van der Waals surface area contributed by atoms with Gasteiger partial charge < -0.3 is 10.6 Å². The van der Waals surface area contributed by atoms with Crippen molar-refractivity contribution in [3.05, 3.63) is 50.9 Å². The summed E-state index contributed by atoms with van der Waals surface area (Å²) in [7, 11) is 0. The van der Waals surface area contributed by atoms with Crippen LogP contribution in [0.3, 0.4) is 0 Å². The Morgan fingerprint density at radius 1 is 1.25 bits per heavy atom. The SMILES string of the molecule is Cc1ccc(C(=O)NC2CCN(C(C)C(=O)Nc3ccc(F)c(Cl)c3)CC2)s1. The average molecular weight is 424 g/mol. The Labute approximate surface area is 172 Å². The molecule has 1 unspecified atom stereocenters. The van der Waals surface area contributed by atoms with Gasteiger partial charge in [0.25, 0.3) is 5.91 Å². The molecule has 8 heteroatoms. The number of carbonyl (C=O) groups excluding carboxylic acids is 2. The van der Waals surface area contributed by atoms with Gasteiger partial charge >= 0.3 is 0 Å². The lowest BCUT2D eigenvalue weighted by atomic mass is 10.0. The number of rotatable bonds is 5. The van der Waals surface area contributed by atoms with E-state index in [0.29, 0.717) is 18.8 Å². The number of aryl methyl sites for hydroxylation is 1. The monoisotopic (exact) mass is 423 g/mol. The molecule has 0 spiro atoms. The first-order valence-electron chi connectivity index (χ1n) is 9.21. The topological polar surface area (TPSA) is 61.4 Å². The van der Waals surface area contributed by atoms with Gasteiger partial charge in [-0.25, -0.2) is 4.39 Å². The van der Waals surface area contributed by atoms with Gasteiger partial charge in [-0.05, 0) is 57.0 Å². The van der Waals surface area contributed by atoms with Gasteiger partial charge in [0.2, 0.25) is 5.91 Å². The highest BCUT2D eigenvalue weighted by atomic mass is 35.5. The average Bonchev–Trinajstić information content (AvgIpc) is 3.11. The maximum absolute atomic E-state index is 13.2. The van der Waals surface area contributed by atoms with E-state index in [4.69, 9.17) is 11.6 Å². The van der Waals surface area contributed by atoms with Crippen molar-refractivity contribution < 1.29 is 14.0 Å². The Bertz CT molecular complexity index is 865. The van der Waals surface area contributed by atoms with E-state index in [2.05, 4.69) is 15.5 Å². The Balaban J connectivity index is 1.48. The summed E-state index contributed by atoms with van der Waals surface area (Å²) < 4.78 is 13.2. The van der Waals surface area contributed by atoms with E-state index < -0.39 is 5.82 Å². The first-order chi connectivity index (χ1) is 13.3. The Kier molecular flexibility index (Phi) is 6.69. The molecule has 28 heavy (non-hydrogen) atoms. The van der Waals surface area contributed by atoms with Gasteiger partial charge in [0.1, 0.15) is 5.82 Å². The Morgan fingerprint density at radius 3 is 2.57 bits per heavy atom. The van der Waals surface area contributed by atoms with Gasteiger partial charge in [0.05, 0.1) is 15.9 Å². The Morgan fingerprint density at radius 2 is 1.96 bits per heavy atom. The molecule has 2 amide bonds. The molecule has 5 nitrogen and oxygen atoms in total. The summed E-state index contributed by atoms with van der Waals surface area (Å²) in [6, 6.07) is 7.68. The predicted octanol–water partition coefficient (Wildman–Crippen LogP) is 4.07. The Hall–Kier alpha value is -1.96. The van der Waals surface area contributed by atoms with Crippen LogP contribution in [0.4, 0.5) is 10.1 Å². The molecule has 0 saturated carbocycles. The molecule has 2 heterocycles. The van der Waals surface area contributed by atoms with Crippen LogP contribution in [0.25, 0.3) is 0 Å². The molecule has 1 saturated heterocycles. The quantitative estimate of drug-likeness (QED) is 0.762. The predicted molar refractivity (Wildman–Crippen MR) is 111 cm³/mol. The number of hydrogen-bond donors (Lipinski definition) is 2. The molecule has 1 aliphatic heterocycles. The van der Waals surface area contributed by atoms with Gasteiger partial charge in [-0.3, -0.25) is 14.5 Å². The van der Waals surface area contributed by atoms with Crippen molar-refractivity contribution in [1.29, 1.82) is 0 Å². The number of anilines is 1. The van der Waals surface area contributed by atoms with E-state index in [1.807, 2.05) is 26.0 Å². The minimum Gasteiger partial charge on any atom is -0.349 e. The van der Waals surface area contributed by atoms with E-state index in [1.165, 1.54) is 29.5 Å². The molecule has 3 rings (SSSR count). The zero-order valence-electron chi connectivity index (χ0n) is 15.8. The van der Waals surface area contributed by atoms with Crippen LogP contribution in [-0.4, -0.2) is 41.9 Å². The van der Waals surface area contributed by atoms with Gasteiger partial charge in [-0.15, -0.1) is 11.3 Å². The van der Waals surface area contributed by atoms with Gasteiger partial charge in [-0.2, -0.15) is 0 Å². The number of nitrogens with zero attached hydrogens (tertiary/aromatic N) is 1.